The standard InChI is InChI=1S/C28H33N/c1-5-18-29(19-6-2)26-15-13-25(14-16-26)28(21-24-10-8-7-9-11-24)27-17-12-22(3)20-23(27)4/h7-17,20-21H,5-6,18-19H2,1-4H3/b28-21+. The highest BCUT2D eigenvalue weighted by molar-refractivity contribution is 5.92. The predicted molar refractivity (Wildman–Crippen MR) is 129 cm³/mol. The zero-order valence-corrected chi connectivity index (χ0v) is 18.3. The third kappa shape index (κ3) is 5.38. The quantitative estimate of drug-likeness (QED) is 0.364. The summed E-state index contributed by atoms with van der Waals surface area (Å²) in [6.07, 6.45) is 4.65. The van der Waals surface area contributed by atoms with Crippen molar-refractivity contribution in [2.24, 2.45) is 0 Å². The zero-order chi connectivity index (χ0) is 20.6. The fourth-order valence-electron chi connectivity index (χ4n) is 3.91. The van der Waals surface area contributed by atoms with Gasteiger partial charge in [0.1, 0.15) is 0 Å². The van der Waals surface area contributed by atoms with Gasteiger partial charge in [-0.25, -0.2) is 0 Å². The fraction of sp³-hybridized carbons (Fsp3) is 0.286. The first kappa shape index (κ1) is 20.9. The van der Waals surface area contributed by atoms with Gasteiger partial charge in [-0.1, -0.05) is 80.1 Å². The van der Waals surface area contributed by atoms with E-state index in [4.69, 9.17) is 0 Å². The van der Waals surface area contributed by atoms with E-state index in [2.05, 4.69) is 111 Å². The molecule has 0 saturated carbocycles. The molecule has 0 aliphatic carbocycles. The third-order valence-corrected chi connectivity index (χ3v) is 5.31. The number of hydrogen-bond acceptors (Lipinski definition) is 1. The van der Waals surface area contributed by atoms with Crippen LogP contribution >= 0.6 is 0 Å². The van der Waals surface area contributed by atoms with Gasteiger partial charge in [-0.3, -0.25) is 0 Å². The van der Waals surface area contributed by atoms with Crippen LogP contribution < -0.4 is 4.90 Å². The Morgan fingerprint density at radius 1 is 0.793 bits per heavy atom. The molecule has 0 bridgehead atoms. The Morgan fingerprint density at radius 3 is 2.03 bits per heavy atom. The minimum absolute atomic E-state index is 1.11. The highest BCUT2D eigenvalue weighted by Crippen LogP contribution is 2.30. The Hall–Kier alpha value is -2.80. The number of anilines is 1. The highest BCUT2D eigenvalue weighted by atomic mass is 15.1. The Bertz CT molecular complexity index is 930. The van der Waals surface area contributed by atoms with Crippen molar-refractivity contribution in [1.82, 2.24) is 0 Å². The van der Waals surface area contributed by atoms with Gasteiger partial charge in [-0.15, -0.1) is 0 Å². The van der Waals surface area contributed by atoms with Gasteiger partial charge in [0.25, 0.3) is 0 Å². The topological polar surface area (TPSA) is 3.24 Å². The summed E-state index contributed by atoms with van der Waals surface area (Å²) in [4.78, 5) is 2.49. The van der Waals surface area contributed by atoms with E-state index in [-0.39, 0.29) is 0 Å². The van der Waals surface area contributed by atoms with Crippen LogP contribution in [0.5, 0.6) is 0 Å². The average Bonchev–Trinajstić information content (AvgIpc) is 2.73. The number of rotatable bonds is 8. The first-order valence-corrected chi connectivity index (χ1v) is 10.8. The smallest absolute Gasteiger partial charge is 0.0366 e. The Labute approximate surface area is 176 Å². The molecule has 3 rings (SSSR count). The summed E-state index contributed by atoms with van der Waals surface area (Å²) >= 11 is 0. The van der Waals surface area contributed by atoms with Crippen LogP contribution in [0.4, 0.5) is 5.69 Å². The van der Waals surface area contributed by atoms with Gasteiger partial charge >= 0.3 is 0 Å². The van der Waals surface area contributed by atoms with E-state index in [1.807, 2.05) is 0 Å². The van der Waals surface area contributed by atoms with Crippen molar-refractivity contribution in [2.75, 3.05) is 18.0 Å². The number of benzene rings is 3. The van der Waals surface area contributed by atoms with Crippen LogP contribution in [-0.4, -0.2) is 13.1 Å². The van der Waals surface area contributed by atoms with Gasteiger partial charge in [0.2, 0.25) is 0 Å². The van der Waals surface area contributed by atoms with Gasteiger partial charge in [-0.2, -0.15) is 0 Å². The minimum atomic E-state index is 1.11. The SMILES string of the molecule is CCCN(CCC)c1ccc(/C(=C\c2ccccc2)c2ccc(C)cc2C)cc1. The van der Waals surface area contributed by atoms with Crippen molar-refractivity contribution in [3.63, 3.8) is 0 Å². The van der Waals surface area contributed by atoms with Gasteiger partial charge in [-0.05, 0) is 72.7 Å². The van der Waals surface area contributed by atoms with E-state index >= 15 is 0 Å². The van der Waals surface area contributed by atoms with Crippen LogP contribution in [0.25, 0.3) is 11.6 Å². The normalized spacial score (nSPS) is 11.5. The van der Waals surface area contributed by atoms with Gasteiger partial charge < -0.3 is 4.90 Å². The second kappa shape index (κ2) is 10.1. The number of aryl methyl sites for hydroxylation is 2. The monoisotopic (exact) mass is 383 g/mol. The molecule has 1 heteroatoms. The molecule has 0 amide bonds. The van der Waals surface area contributed by atoms with E-state index in [0.29, 0.717) is 0 Å². The van der Waals surface area contributed by atoms with Crippen molar-refractivity contribution in [3.8, 4) is 0 Å². The molecule has 3 aromatic rings. The lowest BCUT2D eigenvalue weighted by Crippen LogP contribution is -2.24. The zero-order valence-electron chi connectivity index (χ0n) is 18.3. The molecule has 3 aromatic carbocycles. The predicted octanol–water partition coefficient (Wildman–Crippen LogP) is 7.52. The van der Waals surface area contributed by atoms with Crippen molar-refractivity contribution in [3.05, 3.63) is 101 Å². The third-order valence-electron chi connectivity index (χ3n) is 5.31. The first-order chi connectivity index (χ1) is 14.1. The summed E-state index contributed by atoms with van der Waals surface area (Å²) in [5.74, 6) is 0. The van der Waals surface area contributed by atoms with E-state index in [1.54, 1.807) is 0 Å². The summed E-state index contributed by atoms with van der Waals surface area (Å²) in [6, 6.07) is 26.5. The molecule has 0 saturated heterocycles. The van der Waals surface area contributed by atoms with E-state index in [9.17, 15) is 0 Å². The molecular weight excluding hydrogens is 350 g/mol. The number of hydrogen-bond donors (Lipinski definition) is 0. The molecular formula is C28H33N. The maximum Gasteiger partial charge on any atom is 0.0366 e. The Morgan fingerprint density at radius 2 is 1.45 bits per heavy atom. The lowest BCUT2D eigenvalue weighted by Gasteiger charge is -2.24. The molecule has 0 heterocycles. The van der Waals surface area contributed by atoms with E-state index in [0.717, 1.165) is 13.1 Å². The molecule has 0 atom stereocenters. The minimum Gasteiger partial charge on any atom is -0.372 e. The highest BCUT2D eigenvalue weighted by Gasteiger charge is 2.10. The van der Waals surface area contributed by atoms with Gasteiger partial charge in [0.05, 0.1) is 0 Å². The molecule has 0 N–H and O–H groups in total. The van der Waals surface area contributed by atoms with Crippen LogP contribution in [0.3, 0.4) is 0 Å². The van der Waals surface area contributed by atoms with E-state index in [1.165, 1.54) is 51.9 Å². The second-order valence-electron chi connectivity index (χ2n) is 7.82. The summed E-state index contributed by atoms with van der Waals surface area (Å²) in [6.45, 7) is 11.1. The van der Waals surface area contributed by atoms with Crippen LogP contribution in [0.15, 0.2) is 72.8 Å². The Kier molecular flexibility index (Phi) is 7.30. The second-order valence-corrected chi connectivity index (χ2v) is 7.82. The lowest BCUT2D eigenvalue weighted by molar-refractivity contribution is 0.745. The molecule has 150 valence electrons. The average molecular weight is 384 g/mol. The van der Waals surface area contributed by atoms with Crippen LogP contribution in [0.1, 0.15) is 54.5 Å². The van der Waals surface area contributed by atoms with Crippen molar-refractivity contribution in [2.45, 2.75) is 40.5 Å². The molecule has 0 aromatic heterocycles. The van der Waals surface area contributed by atoms with Crippen molar-refractivity contribution >= 4 is 17.3 Å². The molecule has 0 unspecified atom stereocenters. The molecule has 0 aliphatic heterocycles. The summed E-state index contributed by atoms with van der Waals surface area (Å²) in [5, 5.41) is 0. The number of nitrogens with zero attached hydrogens (tertiary/aromatic N) is 1. The van der Waals surface area contributed by atoms with Crippen molar-refractivity contribution in [1.29, 1.82) is 0 Å². The lowest BCUT2D eigenvalue weighted by atomic mass is 9.91. The molecule has 0 fully saturated rings. The first-order valence-electron chi connectivity index (χ1n) is 10.8. The largest absolute Gasteiger partial charge is 0.372 e. The van der Waals surface area contributed by atoms with Crippen LogP contribution in [-0.2, 0) is 0 Å². The maximum absolute atomic E-state index is 2.49. The van der Waals surface area contributed by atoms with Crippen LogP contribution in [0, 0.1) is 13.8 Å². The van der Waals surface area contributed by atoms with E-state index < -0.39 is 0 Å². The molecule has 29 heavy (non-hydrogen) atoms. The summed E-state index contributed by atoms with van der Waals surface area (Å²) in [5.41, 5.74) is 8.99. The molecule has 0 aliphatic rings. The van der Waals surface area contributed by atoms with Gasteiger partial charge in [0.15, 0.2) is 0 Å². The maximum atomic E-state index is 2.49. The fourth-order valence-corrected chi connectivity index (χ4v) is 3.91. The summed E-state index contributed by atoms with van der Waals surface area (Å²) < 4.78 is 0. The summed E-state index contributed by atoms with van der Waals surface area (Å²) in [7, 11) is 0. The molecule has 1 nitrogen and oxygen atoms in total. The Balaban J connectivity index is 2.03. The van der Waals surface area contributed by atoms with Crippen LogP contribution in [0.2, 0.25) is 0 Å². The molecule has 0 radical (unpaired) electrons. The van der Waals surface area contributed by atoms with Crippen molar-refractivity contribution < 1.29 is 0 Å². The molecule has 0 spiro atoms. The van der Waals surface area contributed by atoms with Gasteiger partial charge in [0, 0.05) is 18.8 Å².